The number of carbonyl (C=O) groups is 1. The Balaban J connectivity index is 1.47. The van der Waals surface area contributed by atoms with E-state index >= 15 is 0 Å². The number of piperidine rings is 1. The smallest absolute Gasteiger partial charge is 0.177 e. The first-order chi connectivity index (χ1) is 12.1. The van der Waals surface area contributed by atoms with E-state index < -0.39 is 0 Å². The summed E-state index contributed by atoms with van der Waals surface area (Å²) in [7, 11) is 0. The number of nitrogens with zero attached hydrogens (tertiary/aromatic N) is 2. The van der Waals surface area contributed by atoms with E-state index in [1.807, 2.05) is 18.4 Å². The van der Waals surface area contributed by atoms with Gasteiger partial charge in [-0.3, -0.25) is 9.69 Å². The second-order valence-corrected chi connectivity index (χ2v) is 7.63. The Morgan fingerprint density at radius 3 is 3.12 bits per heavy atom. The fourth-order valence-electron chi connectivity index (χ4n) is 3.55. The van der Waals surface area contributed by atoms with Crippen molar-refractivity contribution in [1.82, 2.24) is 14.9 Å². The lowest BCUT2D eigenvalue weighted by Crippen LogP contribution is -2.38. The highest BCUT2D eigenvalue weighted by atomic mass is 32.1. The maximum Gasteiger partial charge on any atom is 0.177 e. The molecule has 3 heterocycles. The number of benzene rings is 1. The Labute approximate surface area is 149 Å². The molecule has 0 saturated carbocycles. The number of likely N-dealkylation sites (tertiary alicyclic amines) is 1. The lowest BCUT2D eigenvalue weighted by molar-refractivity contribution is 0.0812. The molecular formula is C19H20FN3OS. The fraction of sp³-hybridized carbons (Fsp3) is 0.368. The van der Waals surface area contributed by atoms with Crippen LogP contribution in [0, 0.1) is 18.7 Å². The van der Waals surface area contributed by atoms with Crippen molar-refractivity contribution >= 4 is 28.2 Å². The van der Waals surface area contributed by atoms with Crippen molar-refractivity contribution in [2.24, 2.45) is 5.92 Å². The Bertz CT molecular complexity index is 916. The molecule has 2 aromatic heterocycles. The minimum atomic E-state index is -0.266. The summed E-state index contributed by atoms with van der Waals surface area (Å²) in [6, 6.07) is 6.58. The lowest BCUT2D eigenvalue weighted by Gasteiger charge is -2.31. The molecular weight excluding hydrogens is 337 g/mol. The fourth-order valence-corrected chi connectivity index (χ4v) is 4.49. The molecule has 3 aromatic rings. The number of aromatic amines is 1. The monoisotopic (exact) mass is 357 g/mol. The molecule has 0 aliphatic carbocycles. The maximum absolute atomic E-state index is 13.3. The van der Waals surface area contributed by atoms with Crippen molar-refractivity contribution in [3.63, 3.8) is 0 Å². The summed E-state index contributed by atoms with van der Waals surface area (Å²) in [4.78, 5) is 23.7. The summed E-state index contributed by atoms with van der Waals surface area (Å²) in [6.07, 6.45) is 1.95. The van der Waals surface area contributed by atoms with Gasteiger partial charge < -0.3 is 4.98 Å². The summed E-state index contributed by atoms with van der Waals surface area (Å²) in [5.41, 5.74) is 2.57. The highest BCUT2D eigenvalue weighted by molar-refractivity contribution is 7.12. The molecule has 1 fully saturated rings. The van der Waals surface area contributed by atoms with Crippen LogP contribution in [0.15, 0.2) is 29.6 Å². The zero-order valence-corrected chi connectivity index (χ0v) is 14.9. The Morgan fingerprint density at radius 1 is 1.44 bits per heavy atom. The molecule has 1 N–H and O–H groups in total. The Kier molecular flexibility index (Phi) is 4.39. The van der Waals surface area contributed by atoms with E-state index in [2.05, 4.69) is 14.9 Å². The largest absolute Gasteiger partial charge is 0.341 e. The molecule has 6 heteroatoms. The molecule has 130 valence electrons. The molecule has 1 aliphatic heterocycles. The van der Waals surface area contributed by atoms with Crippen LogP contribution in [-0.4, -0.2) is 33.7 Å². The molecule has 0 amide bonds. The standard InChI is InChI=1S/C19H20FN3OS/c1-12-6-8-25-19(12)18(24)13-3-2-7-23(10-13)11-17-21-15-5-4-14(20)9-16(15)22-17/h4-6,8-9,13H,2-3,7,10-11H2,1H3,(H,21,22)/t13-/m1/s1. The van der Waals surface area contributed by atoms with Crippen LogP contribution in [-0.2, 0) is 6.54 Å². The van der Waals surface area contributed by atoms with Crippen LogP contribution in [0.5, 0.6) is 0 Å². The SMILES string of the molecule is Cc1ccsc1C(=O)[C@@H]1CCCN(Cc2nc3ccc(F)cc3[nH]2)C1. The van der Waals surface area contributed by atoms with Crippen LogP contribution >= 0.6 is 11.3 Å². The lowest BCUT2D eigenvalue weighted by atomic mass is 9.92. The predicted molar refractivity (Wildman–Crippen MR) is 97.4 cm³/mol. The summed E-state index contributed by atoms with van der Waals surface area (Å²) >= 11 is 1.54. The summed E-state index contributed by atoms with van der Waals surface area (Å²) in [5, 5.41) is 1.98. The van der Waals surface area contributed by atoms with E-state index in [-0.39, 0.29) is 17.5 Å². The molecule has 1 aromatic carbocycles. The van der Waals surface area contributed by atoms with Gasteiger partial charge in [0.1, 0.15) is 11.6 Å². The van der Waals surface area contributed by atoms with Gasteiger partial charge in [0.2, 0.25) is 0 Å². The van der Waals surface area contributed by atoms with Crippen molar-refractivity contribution in [2.75, 3.05) is 13.1 Å². The van der Waals surface area contributed by atoms with Crippen molar-refractivity contribution < 1.29 is 9.18 Å². The van der Waals surface area contributed by atoms with Gasteiger partial charge in [0.25, 0.3) is 0 Å². The highest BCUT2D eigenvalue weighted by Crippen LogP contribution is 2.26. The minimum Gasteiger partial charge on any atom is -0.341 e. The summed E-state index contributed by atoms with van der Waals surface area (Å²) < 4.78 is 13.3. The second-order valence-electron chi connectivity index (χ2n) is 6.72. The zero-order valence-electron chi connectivity index (χ0n) is 14.1. The van der Waals surface area contributed by atoms with Gasteiger partial charge in [-0.1, -0.05) is 0 Å². The second kappa shape index (κ2) is 6.69. The van der Waals surface area contributed by atoms with Crippen molar-refractivity contribution in [3.8, 4) is 0 Å². The average molecular weight is 357 g/mol. The number of imidazole rings is 1. The third-order valence-corrected chi connectivity index (χ3v) is 5.86. The molecule has 1 aliphatic rings. The van der Waals surface area contributed by atoms with Crippen LogP contribution in [0.3, 0.4) is 0 Å². The van der Waals surface area contributed by atoms with Crippen LogP contribution in [0.25, 0.3) is 11.0 Å². The van der Waals surface area contributed by atoms with Crippen LogP contribution in [0.2, 0.25) is 0 Å². The van der Waals surface area contributed by atoms with Gasteiger partial charge in [-0.05, 0) is 61.5 Å². The van der Waals surface area contributed by atoms with Crippen molar-refractivity contribution in [3.05, 3.63) is 51.7 Å². The molecule has 1 atom stereocenters. The molecule has 4 nitrogen and oxygen atoms in total. The quantitative estimate of drug-likeness (QED) is 0.713. The first-order valence-corrected chi connectivity index (χ1v) is 9.43. The number of thiophene rings is 1. The molecule has 0 radical (unpaired) electrons. The number of nitrogens with one attached hydrogen (secondary N) is 1. The van der Waals surface area contributed by atoms with Crippen LogP contribution < -0.4 is 0 Å². The Hall–Kier alpha value is -2.05. The van der Waals surface area contributed by atoms with Crippen molar-refractivity contribution in [1.29, 1.82) is 0 Å². The van der Waals surface area contributed by atoms with E-state index in [4.69, 9.17) is 0 Å². The van der Waals surface area contributed by atoms with Gasteiger partial charge in [0.15, 0.2) is 5.78 Å². The summed E-state index contributed by atoms with van der Waals surface area (Å²) in [6.45, 7) is 4.36. The topological polar surface area (TPSA) is 49.0 Å². The van der Waals surface area contributed by atoms with Gasteiger partial charge >= 0.3 is 0 Å². The van der Waals surface area contributed by atoms with E-state index in [9.17, 15) is 9.18 Å². The van der Waals surface area contributed by atoms with Crippen LogP contribution in [0.4, 0.5) is 4.39 Å². The molecule has 1 saturated heterocycles. The summed E-state index contributed by atoms with van der Waals surface area (Å²) in [5.74, 6) is 0.871. The molecule has 25 heavy (non-hydrogen) atoms. The third kappa shape index (κ3) is 3.37. The number of H-pyrrole nitrogens is 1. The van der Waals surface area contributed by atoms with Crippen molar-refractivity contribution in [2.45, 2.75) is 26.3 Å². The third-order valence-electron chi connectivity index (χ3n) is 4.83. The Morgan fingerprint density at radius 2 is 2.32 bits per heavy atom. The van der Waals surface area contributed by atoms with E-state index in [1.54, 1.807) is 6.07 Å². The van der Waals surface area contributed by atoms with E-state index in [0.29, 0.717) is 12.1 Å². The van der Waals surface area contributed by atoms with Gasteiger partial charge in [0.05, 0.1) is 22.5 Å². The van der Waals surface area contributed by atoms with E-state index in [0.717, 1.165) is 47.7 Å². The minimum absolute atomic E-state index is 0.0490. The van der Waals surface area contributed by atoms with Gasteiger partial charge in [-0.25, -0.2) is 9.37 Å². The number of aryl methyl sites for hydroxylation is 1. The first kappa shape index (κ1) is 16.4. The van der Waals surface area contributed by atoms with E-state index in [1.165, 1.54) is 23.5 Å². The van der Waals surface area contributed by atoms with Crippen LogP contribution in [0.1, 0.15) is 33.9 Å². The number of hydrogen-bond acceptors (Lipinski definition) is 4. The highest BCUT2D eigenvalue weighted by Gasteiger charge is 2.28. The number of fused-ring (bicyclic) bond motifs is 1. The number of carbonyl (C=O) groups excluding carboxylic acids is 1. The normalized spacial score (nSPS) is 18.7. The number of ketones is 1. The number of Topliss-reactive ketones (excluding diaryl/α,β-unsaturated/α-hetero) is 1. The van der Waals surface area contributed by atoms with Gasteiger partial charge in [-0.15, -0.1) is 11.3 Å². The first-order valence-electron chi connectivity index (χ1n) is 8.55. The number of rotatable bonds is 4. The zero-order chi connectivity index (χ0) is 17.4. The van der Waals surface area contributed by atoms with Gasteiger partial charge in [0, 0.05) is 12.5 Å². The van der Waals surface area contributed by atoms with Gasteiger partial charge in [-0.2, -0.15) is 0 Å². The molecule has 0 spiro atoms. The number of aromatic nitrogens is 2. The number of halogens is 1. The number of hydrogen-bond donors (Lipinski definition) is 1. The average Bonchev–Trinajstić information content (AvgIpc) is 3.19. The predicted octanol–water partition coefficient (Wildman–Crippen LogP) is 4.17. The molecule has 4 rings (SSSR count). The maximum atomic E-state index is 13.3. The molecule has 0 bridgehead atoms. The molecule has 0 unspecified atom stereocenters.